The van der Waals surface area contributed by atoms with Gasteiger partial charge in [0.15, 0.2) is 11.4 Å². The summed E-state index contributed by atoms with van der Waals surface area (Å²) in [6.07, 6.45) is 0.692. The molecule has 0 amide bonds. The van der Waals surface area contributed by atoms with Gasteiger partial charge >= 0.3 is 0 Å². The fourth-order valence-corrected chi connectivity index (χ4v) is 2.98. The Balaban J connectivity index is 2.57. The molecular formula is C15H18BrClFNO. The van der Waals surface area contributed by atoms with Crippen LogP contribution in [0.4, 0.5) is 4.39 Å². The monoisotopic (exact) mass is 361 g/mol. The molecule has 0 aliphatic heterocycles. The van der Waals surface area contributed by atoms with E-state index < -0.39 is 5.82 Å². The normalized spacial score (nSPS) is 12.3. The lowest BCUT2D eigenvalue weighted by molar-refractivity contribution is 0.393. The third kappa shape index (κ3) is 3.02. The predicted octanol–water partition coefficient (Wildman–Crippen LogP) is 5.44. The first-order valence-electron chi connectivity index (χ1n) is 6.57. The maximum Gasteiger partial charge on any atom is 0.153 e. The van der Waals surface area contributed by atoms with Gasteiger partial charge in [-0.2, -0.15) is 0 Å². The molecule has 0 aliphatic rings. The summed E-state index contributed by atoms with van der Waals surface area (Å²) in [5.74, 6) is 0.353. The molecule has 0 atom stereocenters. The SMILES string of the molecule is CCc1c(CNC(C)(C)C)oc2c(Br)cc(Cl)c(F)c12. The van der Waals surface area contributed by atoms with Crippen molar-refractivity contribution >= 4 is 38.5 Å². The molecule has 1 N–H and O–H groups in total. The first-order valence-corrected chi connectivity index (χ1v) is 7.74. The lowest BCUT2D eigenvalue weighted by atomic mass is 10.1. The molecule has 1 heterocycles. The van der Waals surface area contributed by atoms with Crippen molar-refractivity contribution in [3.05, 3.63) is 32.7 Å². The van der Waals surface area contributed by atoms with Crippen molar-refractivity contribution in [3.63, 3.8) is 0 Å². The highest BCUT2D eigenvalue weighted by Crippen LogP contribution is 2.37. The van der Waals surface area contributed by atoms with E-state index in [9.17, 15) is 4.39 Å². The third-order valence-electron chi connectivity index (χ3n) is 3.12. The van der Waals surface area contributed by atoms with Crippen LogP contribution in [0.2, 0.25) is 5.02 Å². The predicted molar refractivity (Wildman–Crippen MR) is 84.9 cm³/mol. The Labute approximate surface area is 131 Å². The summed E-state index contributed by atoms with van der Waals surface area (Å²) in [7, 11) is 0. The molecule has 2 nitrogen and oxygen atoms in total. The fraction of sp³-hybridized carbons (Fsp3) is 0.467. The third-order valence-corrected chi connectivity index (χ3v) is 3.99. The molecule has 0 radical (unpaired) electrons. The Bertz CT molecular complexity index is 646. The van der Waals surface area contributed by atoms with Crippen molar-refractivity contribution < 1.29 is 8.81 Å². The number of rotatable bonds is 3. The van der Waals surface area contributed by atoms with E-state index in [1.807, 2.05) is 6.92 Å². The summed E-state index contributed by atoms with van der Waals surface area (Å²) in [6, 6.07) is 1.53. The van der Waals surface area contributed by atoms with Gasteiger partial charge in [0.2, 0.25) is 0 Å². The Morgan fingerprint density at radius 2 is 2.05 bits per heavy atom. The van der Waals surface area contributed by atoms with Gasteiger partial charge in [-0.3, -0.25) is 0 Å². The molecule has 0 saturated carbocycles. The average Bonchev–Trinajstić information content (AvgIpc) is 2.72. The van der Waals surface area contributed by atoms with Crippen LogP contribution < -0.4 is 5.32 Å². The molecule has 0 spiro atoms. The number of benzene rings is 1. The second kappa shape index (κ2) is 5.66. The molecule has 2 aromatic rings. The van der Waals surface area contributed by atoms with E-state index in [0.29, 0.717) is 28.4 Å². The molecule has 110 valence electrons. The van der Waals surface area contributed by atoms with E-state index in [2.05, 4.69) is 42.0 Å². The van der Waals surface area contributed by atoms with Crippen LogP contribution in [-0.2, 0) is 13.0 Å². The molecule has 1 aromatic heterocycles. The summed E-state index contributed by atoms with van der Waals surface area (Å²) >= 11 is 9.30. The number of nitrogens with one attached hydrogen (secondary N) is 1. The minimum absolute atomic E-state index is 0.0303. The number of hydrogen-bond donors (Lipinski definition) is 1. The zero-order chi connectivity index (χ0) is 15.1. The molecule has 20 heavy (non-hydrogen) atoms. The lowest BCUT2D eigenvalue weighted by Gasteiger charge is -2.19. The van der Waals surface area contributed by atoms with Crippen molar-refractivity contribution in [2.24, 2.45) is 0 Å². The van der Waals surface area contributed by atoms with E-state index >= 15 is 0 Å². The lowest BCUT2D eigenvalue weighted by Crippen LogP contribution is -2.35. The van der Waals surface area contributed by atoms with Crippen LogP contribution in [0.5, 0.6) is 0 Å². The Morgan fingerprint density at radius 1 is 1.40 bits per heavy atom. The molecular weight excluding hydrogens is 345 g/mol. The highest BCUT2D eigenvalue weighted by molar-refractivity contribution is 9.10. The number of aryl methyl sites for hydroxylation is 1. The van der Waals surface area contributed by atoms with Crippen molar-refractivity contribution in [2.75, 3.05) is 0 Å². The minimum Gasteiger partial charge on any atom is -0.458 e. The van der Waals surface area contributed by atoms with Gasteiger partial charge in [0, 0.05) is 11.1 Å². The summed E-state index contributed by atoms with van der Waals surface area (Å²) in [4.78, 5) is 0. The molecule has 0 fully saturated rings. The standard InChI is InChI=1S/C15H18BrClFNO/c1-5-8-11(7-19-15(2,3)4)20-14-9(16)6-10(17)13(18)12(8)14/h6,19H,5,7H2,1-4H3. The number of halogens is 3. The van der Waals surface area contributed by atoms with Crippen molar-refractivity contribution in [1.82, 2.24) is 5.32 Å². The van der Waals surface area contributed by atoms with Gasteiger partial charge in [-0.05, 0) is 49.2 Å². The Kier molecular flexibility index (Phi) is 4.47. The Hall–Kier alpha value is -0.580. The largest absolute Gasteiger partial charge is 0.458 e. The number of hydrogen-bond acceptors (Lipinski definition) is 2. The van der Waals surface area contributed by atoms with E-state index in [1.165, 1.54) is 6.07 Å². The highest BCUT2D eigenvalue weighted by atomic mass is 79.9. The van der Waals surface area contributed by atoms with E-state index in [-0.39, 0.29) is 10.6 Å². The van der Waals surface area contributed by atoms with Crippen LogP contribution >= 0.6 is 27.5 Å². The van der Waals surface area contributed by atoms with Crippen molar-refractivity contribution in [2.45, 2.75) is 46.2 Å². The highest BCUT2D eigenvalue weighted by Gasteiger charge is 2.21. The number of fused-ring (bicyclic) bond motifs is 1. The zero-order valence-corrected chi connectivity index (χ0v) is 14.4. The van der Waals surface area contributed by atoms with Gasteiger partial charge in [-0.15, -0.1) is 0 Å². The minimum atomic E-state index is -0.410. The van der Waals surface area contributed by atoms with E-state index in [4.69, 9.17) is 16.0 Å². The van der Waals surface area contributed by atoms with Gasteiger partial charge in [-0.1, -0.05) is 18.5 Å². The van der Waals surface area contributed by atoms with Crippen LogP contribution in [0.25, 0.3) is 11.0 Å². The summed E-state index contributed by atoms with van der Waals surface area (Å²) in [5.41, 5.74) is 1.36. The smallest absolute Gasteiger partial charge is 0.153 e. The van der Waals surface area contributed by atoms with Crippen molar-refractivity contribution in [1.29, 1.82) is 0 Å². The summed E-state index contributed by atoms with van der Waals surface area (Å²) in [6.45, 7) is 8.78. The van der Waals surface area contributed by atoms with Crippen LogP contribution in [0, 0.1) is 5.82 Å². The first kappa shape index (κ1) is 15.8. The van der Waals surface area contributed by atoms with Crippen LogP contribution in [-0.4, -0.2) is 5.54 Å². The molecule has 0 saturated heterocycles. The van der Waals surface area contributed by atoms with Gasteiger partial charge in [0.05, 0.1) is 21.4 Å². The van der Waals surface area contributed by atoms with Gasteiger partial charge < -0.3 is 9.73 Å². The van der Waals surface area contributed by atoms with Gasteiger partial charge in [0.1, 0.15) is 5.76 Å². The molecule has 0 aliphatic carbocycles. The maximum absolute atomic E-state index is 14.3. The topological polar surface area (TPSA) is 25.2 Å². The zero-order valence-electron chi connectivity index (χ0n) is 12.0. The van der Waals surface area contributed by atoms with E-state index in [0.717, 1.165) is 11.3 Å². The average molecular weight is 363 g/mol. The van der Waals surface area contributed by atoms with Gasteiger partial charge in [0.25, 0.3) is 0 Å². The second-order valence-corrected chi connectivity index (χ2v) is 7.08. The molecule has 1 aromatic carbocycles. The van der Waals surface area contributed by atoms with Crippen LogP contribution in [0.15, 0.2) is 15.0 Å². The Morgan fingerprint density at radius 3 is 2.60 bits per heavy atom. The van der Waals surface area contributed by atoms with Gasteiger partial charge in [-0.25, -0.2) is 4.39 Å². The molecule has 5 heteroatoms. The van der Waals surface area contributed by atoms with Crippen LogP contribution in [0.1, 0.15) is 39.0 Å². The number of furan rings is 1. The molecule has 0 bridgehead atoms. The summed E-state index contributed by atoms with van der Waals surface area (Å²) < 4.78 is 20.8. The maximum atomic E-state index is 14.3. The van der Waals surface area contributed by atoms with E-state index in [1.54, 1.807) is 0 Å². The van der Waals surface area contributed by atoms with Crippen LogP contribution in [0.3, 0.4) is 0 Å². The quantitative estimate of drug-likeness (QED) is 0.736. The second-order valence-electron chi connectivity index (χ2n) is 5.82. The first-order chi connectivity index (χ1) is 9.24. The molecule has 0 unspecified atom stereocenters. The fourth-order valence-electron chi connectivity index (χ4n) is 2.13. The molecule has 2 rings (SSSR count). The summed E-state index contributed by atoms with van der Waals surface area (Å²) in [5, 5.41) is 3.95. The van der Waals surface area contributed by atoms with Crippen molar-refractivity contribution in [3.8, 4) is 0 Å².